The third-order valence-electron chi connectivity index (χ3n) is 4.76. The monoisotopic (exact) mass is 455 g/mol. The lowest BCUT2D eigenvalue weighted by Gasteiger charge is -2.39. The smallest absolute Gasteiger partial charge is 0.410 e. The van der Waals surface area contributed by atoms with E-state index in [1.165, 1.54) is 12.4 Å². The molecule has 4 rings (SSSR count). The van der Waals surface area contributed by atoms with Crippen LogP contribution in [0.2, 0.25) is 0 Å². The van der Waals surface area contributed by atoms with Gasteiger partial charge in [0.25, 0.3) is 0 Å². The molecule has 10 heteroatoms. The van der Waals surface area contributed by atoms with Crippen molar-refractivity contribution in [1.29, 1.82) is 0 Å². The number of aromatic nitrogens is 4. The highest BCUT2D eigenvalue weighted by molar-refractivity contribution is 5.69. The van der Waals surface area contributed by atoms with Crippen molar-refractivity contribution in [2.24, 2.45) is 5.92 Å². The topological polar surface area (TPSA) is 90.3 Å². The molecule has 0 bridgehead atoms. The van der Waals surface area contributed by atoms with E-state index in [0.29, 0.717) is 30.8 Å². The molecule has 33 heavy (non-hydrogen) atoms. The van der Waals surface area contributed by atoms with Crippen LogP contribution < -0.4 is 4.74 Å². The maximum absolute atomic E-state index is 13.3. The molecule has 0 saturated carbocycles. The van der Waals surface area contributed by atoms with E-state index < -0.39 is 17.2 Å². The molecule has 1 aromatic carbocycles. The Morgan fingerprint density at radius 1 is 1.06 bits per heavy atom. The summed E-state index contributed by atoms with van der Waals surface area (Å²) < 4.78 is 37.3. The van der Waals surface area contributed by atoms with Gasteiger partial charge in [-0.3, -0.25) is 4.98 Å². The second-order valence-corrected chi connectivity index (χ2v) is 8.81. The van der Waals surface area contributed by atoms with E-state index in [9.17, 15) is 13.6 Å². The maximum Gasteiger partial charge on any atom is 0.410 e. The van der Waals surface area contributed by atoms with E-state index in [1.807, 2.05) is 20.8 Å². The summed E-state index contributed by atoms with van der Waals surface area (Å²) in [6, 6.07) is 2.78. The van der Waals surface area contributed by atoms with Crippen LogP contribution in [0.15, 0.2) is 43.0 Å². The molecule has 1 aliphatic rings. The Bertz CT molecular complexity index is 1130. The van der Waals surface area contributed by atoms with Gasteiger partial charge in [-0.05, 0) is 33.1 Å². The molecule has 0 aliphatic carbocycles. The van der Waals surface area contributed by atoms with E-state index >= 15 is 0 Å². The predicted molar refractivity (Wildman–Crippen MR) is 114 cm³/mol. The summed E-state index contributed by atoms with van der Waals surface area (Å²) in [6.45, 7) is 6.74. The average molecular weight is 455 g/mol. The minimum absolute atomic E-state index is 0.0389. The molecule has 1 aliphatic heterocycles. The number of likely N-dealkylation sites (tertiary alicyclic amines) is 1. The summed E-state index contributed by atoms with van der Waals surface area (Å²) in [7, 11) is 0. The Hall–Kier alpha value is -3.69. The van der Waals surface area contributed by atoms with Crippen LogP contribution in [0, 0.1) is 17.6 Å². The van der Waals surface area contributed by atoms with Crippen LogP contribution in [0.1, 0.15) is 26.5 Å². The van der Waals surface area contributed by atoms with Gasteiger partial charge in [-0.1, -0.05) is 0 Å². The molecule has 3 heterocycles. The summed E-state index contributed by atoms with van der Waals surface area (Å²) >= 11 is 0. The number of carbonyl (C=O) groups is 1. The van der Waals surface area contributed by atoms with Gasteiger partial charge in [-0.25, -0.2) is 28.5 Å². The van der Waals surface area contributed by atoms with Crippen LogP contribution >= 0.6 is 0 Å². The van der Waals surface area contributed by atoms with Crippen molar-refractivity contribution in [3.8, 4) is 23.0 Å². The van der Waals surface area contributed by atoms with Crippen LogP contribution in [-0.2, 0) is 11.2 Å². The molecule has 0 unspecified atom stereocenters. The lowest BCUT2D eigenvalue weighted by Crippen LogP contribution is -2.52. The number of benzene rings is 1. The Morgan fingerprint density at radius 2 is 1.73 bits per heavy atom. The van der Waals surface area contributed by atoms with Crippen molar-refractivity contribution >= 4 is 6.09 Å². The van der Waals surface area contributed by atoms with Gasteiger partial charge >= 0.3 is 12.1 Å². The largest absolute Gasteiger partial charge is 0.444 e. The first-order valence-corrected chi connectivity index (χ1v) is 10.4. The molecule has 172 valence electrons. The van der Waals surface area contributed by atoms with Gasteiger partial charge in [0.2, 0.25) is 0 Å². The SMILES string of the molecule is CC(C)(C)OC(=O)N1CC(Cc2cncc(-c3cnc(Oc4cc(F)cc(F)c4)nc3)n2)C1. The van der Waals surface area contributed by atoms with Crippen LogP contribution in [0.3, 0.4) is 0 Å². The van der Waals surface area contributed by atoms with E-state index in [2.05, 4.69) is 19.9 Å². The minimum atomic E-state index is -0.755. The predicted octanol–water partition coefficient (Wildman–Crippen LogP) is 4.41. The fourth-order valence-electron chi connectivity index (χ4n) is 3.31. The summed E-state index contributed by atoms with van der Waals surface area (Å²) in [4.78, 5) is 30.8. The molecule has 0 spiro atoms. The number of ether oxygens (including phenoxy) is 2. The fraction of sp³-hybridized carbons (Fsp3) is 0.348. The van der Waals surface area contributed by atoms with Crippen LogP contribution in [-0.4, -0.2) is 49.6 Å². The molecule has 3 aromatic rings. The number of carbonyl (C=O) groups excluding carboxylic acids is 1. The van der Waals surface area contributed by atoms with Gasteiger partial charge in [0, 0.05) is 55.4 Å². The fourth-order valence-corrected chi connectivity index (χ4v) is 3.31. The van der Waals surface area contributed by atoms with Crippen LogP contribution in [0.4, 0.5) is 13.6 Å². The van der Waals surface area contributed by atoms with E-state index in [4.69, 9.17) is 9.47 Å². The molecule has 0 atom stereocenters. The van der Waals surface area contributed by atoms with Crippen molar-refractivity contribution in [1.82, 2.24) is 24.8 Å². The van der Waals surface area contributed by atoms with Crippen molar-refractivity contribution in [3.63, 3.8) is 0 Å². The van der Waals surface area contributed by atoms with Crippen molar-refractivity contribution < 1.29 is 23.0 Å². The van der Waals surface area contributed by atoms with Crippen molar-refractivity contribution in [2.45, 2.75) is 32.8 Å². The maximum atomic E-state index is 13.3. The number of amides is 1. The second-order valence-electron chi connectivity index (χ2n) is 8.81. The third-order valence-corrected chi connectivity index (χ3v) is 4.76. The third kappa shape index (κ3) is 5.97. The second kappa shape index (κ2) is 9.05. The molecule has 1 saturated heterocycles. The van der Waals surface area contributed by atoms with Gasteiger partial charge in [0.1, 0.15) is 23.0 Å². The van der Waals surface area contributed by atoms with Gasteiger partial charge < -0.3 is 14.4 Å². The highest BCUT2D eigenvalue weighted by Crippen LogP contribution is 2.24. The molecule has 1 fully saturated rings. The molecule has 1 amide bonds. The quantitative estimate of drug-likeness (QED) is 0.563. The molecule has 0 N–H and O–H groups in total. The first-order valence-electron chi connectivity index (χ1n) is 10.4. The first-order chi connectivity index (χ1) is 15.6. The zero-order valence-electron chi connectivity index (χ0n) is 18.5. The van der Waals surface area contributed by atoms with Gasteiger partial charge in [-0.15, -0.1) is 0 Å². The van der Waals surface area contributed by atoms with E-state index in [1.54, 1.807) is 17.3 Å². The number of hydrogen-bond acceptors (Lipinski definition) is 7. The Labute approximate surface area is 189 Å². The molecule has 0 radical (unpaired) electrons. The Balaban J connectivity index is 1.36. The van der Waals surface area contributed by atoms with Crippen molar-refractivity contribution in [3.05, 3.63) is 60.3 Å². The number of halogens is 2. The first kappa shape index (κ1) is 22.5. The molecular weight excluding hydrogens is 432 g/mol. The lowest BCUT2D eigenvalue weighted by molar-refractivity contribution is -0.00101. The number of nitrogens with zero attached hydrogens (tertiary/aromatic N) is 5. The number of hydrogen-bond donors (Lipinski definition) is 0. The normalized spacial score (nSPS) is 14.0. The average Bonchev–Trinajstić information content (AvgIpc) is 2.69. The summed E-state index contributed by atoms with van der Waals surface area (Å²) in [5.74, 6) is -1.27. The highest BCUT2D eigenvalue weighted by Gasteiger charge is 2.33. The molecule has 2 aromatic heterocycles. The summed E-state index contributed by atoms with van der Waals surface area (Å²) in [5, 5.41) is 0. The zero-order valence-corrected chi connectivity index (χ0v) is 18.5. The van der Waals surface area contributed by atoms with Crippen LogP contribution in [0.25, 0.3) is 11.3 Å². The van der Waals surface area contributed by atoms with Crippen LogP contribution in [0.5, 0.6) is 11.8 Å². The summed E-state index contributed by atoms with van der Waals surface area (Å²) in [5.41, 5.74) is 1.47. The summed E-state index contributed by atoms with van der Waals surface area (Å²) in [6.07, 6.45) is 6.65. The highest BCUT2D eigenvalue weighted by atomic mass is 19.1. The van der Waals surface area contributed by atoms with Gasteiger partial charge in [-0.2, -0.15) is 0 Å². The van der Waals surface area contributed by atoms with E-state index in [-0.39, 0.29) is 23.8 Å². The Kier molecular flexibility index (Phi) is 6.17. The molecule has 8 nitrogen and oxygen atoms in total. The van der Waals surface area contributed by atoms with Gasteiger partial charge in [0.15, 0.2) is 0 Å². The van der Waals surface area contributed by atoms with E-state index in [0.717, 1.165) is 23.9 Å². The zero-order chi connectivity index (χ0) is 23.6. The Morgan fingerprint density at radius 3 is 2.36 bits per heavy atom. The minimum Gasteiger partial charge on any atom is -0.444 e. The molecular formula is C23H23F2N5O3. The standard InChI is InChI=1S/C23H23F2N5O3/c1-23(2,3)33-22(31)30-12-14(13-30)4-18-10-26-11-20(29-18)15-8-27-21(28-9-15)32-19-6-16(24)5-17(25)7-19/h5-11,14H,4,12-13H2,1-3H3. The lowest BCUT2D eigenvalue weighted by atomic mass is 9.95. The van der Waals surface area contributed by atoms with Crippen molar-refractivity contribution in [2.75, 3.05) is 13.1 Å². The van der Waals surface area contributed by atoms with Gasteiger partial charge in [0.05, 0.1) is 17.6 Å². The number of rotatable bonds is 5.